The van der Waals surface area contributed by atoms with E-state index in [2.05, 4.69) is 4.98 Å². The Balaban J connectivity index is 1.98. The number of para-hydroxylation sites is 1. The Morgan fingerprint density at radius 3 is 2.30 bits per heavy atom. The van der Waals surface area contributed by atoms with E-state index >= 15 is 0 Å². The standard InChI is InChI=1S/C23H20N2O2/c1-16-11-13-17(14-12-16)20(15-25(26)27)22-19-9-5-6-10-21(19)24-23(22)18-7-3-2-4-8-18/h2-14,20,24H,15H2,1H3/t20-/m1/s1. The Morgan fingerprint density at radius 1 is 0.926 bits per heavy atom. The molecule has 0 bridgehead atoms. The average Bonchev–Trinajstić information content (AvgIpc) is 3.07. The monoisotopic (exact) mass is 356 g/mol. The predicted octanol–water partition coefficient (Wildman–Crippen LogP) is 5.55. The summed E-state index contributed by atoms with van der Waals surface area (Å²) in [5, 5.41) is 12.6. The quantitative estimate of drug-likeness (QED) is 0.376. The number of nitrogens with one attached hydrogen (secondary N) is 1. The Hall–Kier alpha value is -3.40. The largest absolute Gasteiger partial charge is 0.354 e. The molecule has 0 saturated carbocycles. The highest BCUT2D eigenvalue weighted by molar-refractivity contribution is 5.92. The summed E-state index contributed by atoms with van der Waals surface area (Å²) in [6, 6.07) is 26.0. The zero-order valence-electron chi connectivity index (χ0n) is 15.1. The summed E-state index contributed by atoms with van der Waals surface area (Å²) in [5.41, 5.74) is 6.05. The van der Waals surface area contributed by atoms with Crippen molar-refractivity contribution in [2.24, 2.45) is 0 Å². The van der Waals surface area contributed by atoms with Crippen LogP contribution < -0.4 is 0 Å². The summed E-state index contributed by atoms with van der Waals surface area (Å²) in [7, 11) is 0. The normalized spacial score (nSPS) is 12.2. The maximum atomic E-state index is 11.5. The lowest BCUT2D eigenvalue weighted by molar-refractivity contribution is -0.481. The summed E-state index contributed by atoms with van der Waals surface area (Å²) in [5.74, 6) is -0.327. The topological polar surface area (TPSA) is 58.9 Å². The number of H-pyrrole nitrogens is 1. The molecule has 4 rings (SSSR count). The third kappa shape index (κ3) is 3.34. The minimum Gasteiger partial charge on any atom is -0.354 e. The number of fused-ring (bicyclic) bond motifs is 1. The Labute approximate surface area is 157 Å². The predicted molar refractivity (Wildman–Crippen MR) is 109 cm³/mol. The smallest absolute Gasteiger partial charge is 0.214 e. The molecule has 0 aliphatic rings. The van der Waals surface area contributed by atoms with Crippen molar-refractivity contribution in [2.75, 3.05) is 6.54 Å². The van der Waals surface area contributed by atoms with Gasteiger partial charge in [0.05, 0.1) is 11.6 Å². The van der Waals surface area contributed by atoms with Gasteiger partial charge in [-0.3, -0.25) is 10.1 Å². The molecule has 0 unspecified atom stereocenters. The van der Waals surface area contributed by atoms with Gasteiger partial charge in [0.15, 0.2) is 0 Å². The number of hydrogen-bond donors (Lipinski definition) is 1. The van der Waals surface area contributed by atoms with Gasteiger partial charge in [0, 0.05) is 15.8 Å². The van der Waals surface area contributed by atoms with Gasteiger partial charge in [0.1, 0.15) is 0 Å². The van der Waals surface area contributed by atoms with E-state index in [4.69, 9.17) is 0 Å². The van der Waals surface area contributed by atoms with Gasteiger partial charge in [-0.25, -0.2) is 0 Å². The Bertz CT molecular complexity index is 1080. The van der Waals surface area contributed by atoms with Crippen LogP contribution in [0.25, 0.3) is 22.2 Å². The summed E-state index contributed by atoms with van der Waals surface area (Å²) in [4.78, 5) is 14.8. The highest BCUT2D eigenvalue weighted by Crippen LogP contribution is 2.38. The maximum Gasteiger partial charge on any atom is 0.214 e. The van der Waals surface area contributed by atoms with E-state index < -0.39 is 0 Å². The first-order valence-corrected chi connectivity index (χ1v) is 8.98. The fraction of sp³-hybridized carbons (Fsp3) is 0.130. The van der Waals surface area contributed by atoms with Crippen LogP contribution >= 0.6 is 0 Å². The molecule has 27 heavy (non-hydrogen) atoms. The summed E-state index contributed by atoms with van der Waals surface area (Å²) in [6.45, 7) is 1.87. The molecule has 4 nitrogen and oxygen atoms in total. The third-order valence-corrected chi connectivity index (χ3v) is 4.97. The number of nitrogens with zero attached hydrogens (tertiary/aromatic N) is 1. The maximum absolute atomic E-state index is 11.5. The van der Waals surface area contributed by atoms with E-state index in [0.29, 0.717) is 0 Å². The van der Waals surface area contributed by atoms with E-state index in [9.17, 15) is 10.1 Å². The SMILES string of the molecule is Cc1ccc([C@@H](C[N+](=O)[O-])c2c(-c3ccccc3)[nH]c3ccccc23)cc1. The Morgan fingerprint density at radius 2 is 1.59 bits per heavy atom. The fourth-order valence-electron chi connectivity index (χ4n) is 3.67. The second-order valence-corrected chi connectivity index (χ2v) is 6.80. The van der Waals surface area contributed by atoms with Gasteiger partial charge in [-0.1, -0.05) is 78.4 Å². The fourth-order valence-corrected chi connectivity index (χ4v) is 3.67. The second-order valence-electron chi connectivity index (χ2n) is 6.80. The molecule has 1 N–H and O–H groups in total. The zero-order valence-corrected chi connectivity index (χ0v) is 15.1. The Kier molecular flexibility index (Phi) is 4.47. The van der Waals surface area contributed by atoms with E-state index in [1.807, 2.05) is 85.8 Å². The first-order chi connectivity index (χ1) is 13.1. The molecule has 134 valence electrons. The van der Waals surface area contributed by atoms with Crippen LogP contribution in [-0.2, 0) is 0 Å². The lowest BCUT2D eigenvalue weighted by Gasteiger charge is -2.16. The summed E-state index contributed by atoms with van der Waals surface area (Å²) < 4.78 is 0. The summed E-state index contributed by atoms with van der Waals surface area (Å²) >= 11 is 0. The molecule has 1 aromatic heterocycles. The molecule has 0 aliphatic carbocycles. The molecule has 1 atom stereocenters. The van der Waals surface area contributed by atoms with Gasteiger partial charge in [0.25, 0.3) is 0 Å². The van der Waals surface area contributed by atoms with Crippen molar-refractivity contribution >= 4 is 10.9 Å². The van der Waals surface area contributed by atoms with Crippen LogP contribution in [-0.4, -0.2) is 16.5 Å². The number of rotatable bonds is 5. The van der Waals surface area contributed by atoms with Crippen molar-refractivity contribution in [3.05, 3.63) is 106 Å². The minimum atomic E-state index is -0.327. The van der Waals surface area contributed by atoms with E-state index in [-0.39, 0.29) is 17.4 Å². The van der Waals surface area contributed by atoms with Crippen molar-refractivity contribution in [3.63, 3.8) is 0 Å². The van der Waals surface area contributed by atoms with Gasteiger partial charge in [-0.2, -0.15) is 0 Å². The van der Waals surface area contributed by atoms with Crippen LogP contribution in [0.5, 0.6) is 0 Å². The van der Waals surface area contributed by atoms with Crippen molar-refractivity contribution in [2.45, 2.75) is 12.8 Å². The first-order valence-electron chi connectivity index (χ1n) is 8.98. The molecular weight excluding hydrogens is 336 g/mol. The zero-order chi connectivity index (χ0) is 18.8. The van der Waals surface area contributed by atoms with Crippen molar-refractivity contribution in [3.8, 4) is 11.3 Å². The van der Waals surface area contributed by atoms with Gasteiger partial charge < -0.3 is 4.98 Å². The number of aromatic amines is 1. The van der Waals surface area contributed by atoms with Crippen LogP contribution in [0.1, 0.15) is 22.6 Å². The third-order valence-electron chi connectivity index (χ3n) is 4.97. The number of aromatic nitrogens is 1. The lowest BCUT2D eigenvalue weighted by atomic mass is 9.87. The van der Waals surface area contributed by atoms with Crippen molar-refractivity contribution < 1.29 is 4.92 Å². The molecule has 1 heterocycles. The van der Waals surface area contributed by atoms with Crippen LogP contribution in [0.15, 0.2) is 78.9 Å². The number of nitro groups is 1. The molecular formula is C23H20N2O2. The number of aryl methyl sites for hydroxylation is 1. The molecule has 0 radical (unpaired) electrons. The van der Waals surface area contributed by atoms with Gasteiger partial charge in [-0.15, -0.1) is 0 Å². The molecule has 0 saturated heterocycles. The lowest BCUT2D eigenvalue weighted by Crippen LogP contribution is -2.14. The molecule has 0 fully saturated rings. The van der Waals surface area contributed by atoms with E-state index in [1.54, 1.807) is 0 Å². The summed E-state index contributed by atoms with van der Waals surface area (Å²) in [6.07, 6.45) is 0. The highest BCUT2D eigenvalue weighted by Gasteiger charge is 2.27. The van der Waals surface area contributed by atoms with Gasteiger partial charge in [-0.05, 0) is 29.7 Å². The molecule has 0 aliphatic heterocycles. The van der Waals surface area contributed by atoms with Crippen LogP contribution in [0, 0.1) is 17.0 Å². The molecule has 0 amide bonds. The van der Waals surface area contributed by atoms with Crippen LogP contribution in [0.2, 0.25) is 0 Å². The number of benzene rings is 3. The number of hydrogen-bond acceptors (Lipinski definition) is 2. The van der Waals surface area contributed by atoms with Crippen molar-refractivity contribution in [1.29, 1.82) is 0 Å². The second kappa shape index (κ2) is 7.08. The van der Waals surface area contributed by atoms with E-state index in [0.717, 1.165) is 38.9 Å². The molecule has 0 spiro atoms. The molecule has 4 heteroatoms. The van der Waals surface area contributed by atoms with Crippen LogP contribution in [0.4, 0.5) is 0 Å². The first kappa shape index (κ1) is 17.0. The highest BCUT2D eigenvalue weighted by atomic mass is 16.6. The van der Waals surface area contributed by atoms with E-state index in [1.165, 1.54) is 0 Å². The van der Waals surface area contributed by atoms with Crippen molar-refractivity contribution in [1.82, 2.24) is 4.98 Å². The van der Waals surface area contributed by atoms with Gasteiger partial charge >= 0.3 is 0 Å². The van der Waals surface area contributed by atoms with Gasteiger partial charge in [0.2, 0.25) is 6.54 Å². The van der Waals surface area contributed by atoms with Crippen LogP contribution in [0.3, 0.4) is 0 Å². The average molecular weight is 356 g/mol. The molecule has 3 aromatic carbocycles. The minimum absolute atomic E-state index is 0.148. The molecule has 4 aromatic rings.